The Morgan fingerprint density at radius 2 is 1.88 bits per heavy atom. The summed E-state index contributed by atoms with van der Waals surface area (Å²) in [4.78, 5) is 35.9. The van der Waals surface area contributed by atoms with Crippen LogP contribution in [-0.4, -0.2) is 14.1 Å². The van der Waals surface area contributed by atoms with Gasteiger partial charge >= 0.3 is 16.9 Å². The summed E-state index contributed by atoms with van der Waals surface area (Å²) < 4.78 is 2.43. The predicted octanol–water partition coefficient (Wildman–Crippen LogP) is 2.37. The maximum atomic E-state index is 12.7. The molecule has 0 saturated heterocycles. The van der Waals surface area contributed by atoms with Crippen molar-refractivity contribution in [1.82, 2.24) is 9.13 Å². The Balaban J connectivity index is 2.12. The highest BCUT2D eigenvalue weighted by atomic mass is 16.6. The van der Waals surface area contributed by atoms with Crippen LogP contribution in [0.15, 0.2) is 39.9 Å². The average molecular weight is 329 g/mol. The molecule has 0 radical (unpaired) electrons. The Morgan fingerprint density at radius 1 is 1.25 bits per heavy atom. The Kier molecular flexibility index (Phi) is 4.09. The molecular weight excluding hydrogens is 310 g/mol. The van der Waals surface area contributed by atoms with Gasteiger partial charge in [-0.3, -0.25) is 24.0 Å². The molecule has 1 fully saturated rings. The first-order chi connectivity index (χ1) is 11.4. The first-order valence-electron chi connectivity index (χ1n) is 7.97. The lowest BCUT2D eigenvalue weighted by atomic mass is 10.0. The van der Waals surface area contributed by atoms with Crippen LogP contribution >= 0.6 is 0 Å². The van der Waals surface area contributed by atoms with E-state index in [9.17, 15) is 19.7 Å². The van der Waals surface area contributed by atoms with Gasteiger partial charge in [-0.2, -0.15) is 0 Å². The van der Waals surface area contributed by atoms with Crippen LogP contribution < -0.4 is 11.2 Å². The minimum atomic E-state index is -0.817. The molecule has 0 N–H and O–H groups in total. The van der Waals surface area contributed by atoms with E-state index in [1.54, 1.807) is 0 Å². The molecule has 1 aliphatic carbocycles. The first-order valence-corrected chi connectivity index (χ1v) is 7.97. The predicted molar refractivity (Wildman–Crippen MR) is 89.5 cm³/mol. The van der Waals surface area contributed by atoms with Gasteiger partial charge in [0.25, 0.3) is 0 Å². The molecule has 0 spiro atoms. The average Bonchev–Trinajstić information content (AvgIpc) is 3.36. The van der Waals surface area contributed by atoms with E-state index in [-0.39, 0.29) is 24.2 Å². The summed E-state index contributed by atoms with van der Waals surface area (Å²) >= 11 is 0. The number of nitro groups is 1. The van der Waals surface area contributed by atoms with Gasteiger partial charge in [0.15, 0.2) is 0 Å². The summed E-state index contributed by atoms with van der Waals surface area (Å²) in [6, 6.07) is 9.45. The van der Waals surface area contributed by atoms with Crippen LogP contribution in [0, 0.1) is 17.0 Å². The fraction of sp³-hybridized carbons (Fsp3) is 0.412. The monoisotopic (exact) mass is 329 g/mol. The number of hydrogen-bond donors (Lipinski definition) is 0. The lowest BCUT2D eigenvalue weighted by molar-refractivity contribution is -0.387. The van der Waals surface area contributed by atoms with Crippen molar-refractivity contribution in [3.63, 3.8) is 0 Å². The molecule has 0 bridgehead atoms. The lowest BCUT2D eigenvalue weighted by Crippen LogP contribution is -2.42. The third kappa shape index (κ3) is 2.77. The van der Waals surface area contributed by atoms with E-state index >= 15 is 0 Å². The van der Waals surface area contributed by atoms with Crippen molar-refractivity contribution in [2.45, 2.75) is 45.2 Å². The van der Waals surface area contributed by atoms with E-state index in [4.69, 9.17) is 0 Å². The second kappa shape index (κ2) is 6.07. The molecule has 1 aliphatic rings. The highest BCUT2D eigenvalue weighted by Crippen LogP contribution is 2.35. The smallest absolute Gasteiger partial charge is 0.288 e. The molecule has 126 valence electrons. The molecule has 24 heavy (non-hydrogen) atoms. The minimum Gasteiger partial charge on any atom is -0.288 e. The van der Waals surface area contributed by atoms with Gasteiger partial charge < -0.3 is 0 Å². The molecule has 1 saturated carbocycles. The van der Waals surface area contributed by atoms with Crippen molar-refractivity contribution in [3.05, 3.63) is 72.5 Å². The van der Waals surface area contributed by atoms with Crippen LogP contribution in [0.3, 0.4) is 0 Å². The van der Waals surface area contributed by atoms with Gasteiger partial charge in [0.1, 0.15) is 5.69 Å². The van der Waals surface area contributed by atoms with Crippen molar-refractivity contribution >= 4 is 5.69 Å². The number of hydrogen-bond acceptors (Lipinski definition) is 4. The van der Waals surface area contributed by atoms with Crippen LogP contribution in [0.25, 0.3) is 0 Å². The molecule has 0 aliphatic heterocycles. The Labute approximate surface area is 138 Å². The van der Waals surface area contributed by atoms with Crippen molar-refractivity contribution < 1.29 is 4.92 Å². The molecular formula is C17H19N3O4. The zero-order valence-electron chi connectivity index (χ0n) is 13.6. The van der Waals surface area contributed by atoms with Gasteiger partial charge in [0.2, 0.25) is 0 Å². The molecule has 7 heteroatoms. The quantitative estimate of drug-likeness (QED) is 0.622. The fourth-order valence-corrected chi connectivity index (χ4v) is 3.05. The summed E-state index contributed by atoms with van der Waals surface area (Å²) in [5.74, 6) is -0.105. The summed E-state index contributed by atoms with van der Waals surface area (Å²) in [5, 5.41) is 11.3. The SMILES string of the molecule is Cc1c([N+](=O)[O-])c(=O)n(CC(C)c2ccccc2)c(=O)n1C1CC1. The number of benzene rings is 1. The molecule has 1 unspecified atom stereocenters. The van der Waals surface area contributed by atoms with Crippen molar-refractivity contribution in [1.29, 1.82) is 0 Å². The second-order valence-electron chi connectivity index (χ2n) is 6.30. The Morgan fingerprint density at radius 3 is 2.42 bits per heavy atom. The Hall–Kier alpha value is -2.70. The van der Waals surface area contributed by atoms with Gasteiger partial charge in [-0.05, 0) is 31.2 Å². The first kappa shape index (κ1) is 16.2. The zero-order valence-corrected chi connectivity index (χ0v) is 13.6. The van der Waals surface area contributed by atoms with Crippen molar-refractivity contribution in [2.75, 3.05) is 0 Å². The third-order valence-electron chi connectivity index (χ3n) is 4.51. The van der Waals surface area contributed by atoms with Crippen LogP contribution in [0.5, 0.6) is 0 Å². The summed E-state index contributed by atoms with van der Waals surface area (Å²) in [7, 11) is 0. The van der Waals surface area contributed by atoms with Crippen LogP contribution in [0.4, 0.5) is 5.69 Å². The molecule has 1 atom stereocenters. The van der Waals surface area contributed by atoms with Gasteiger partial charge in [-0.15, -0.1) is 0 Å². The van der Waals surface area contributed by atoms with Crippen LogP contribution in [0.2, 0.25) is 0 Å². The highest BCUT2D eigenvalue weighted by molar-refractivity contribution is 5.33. The number of aromatic nitrogens is 2. The largest absolute Gasteiger partial charge is 0.353 e. The number of nitrogens with zero attached hydrogens (tertiary/aromatic N) is 3. The van der Waals surface area contributed by atoms with E-state index in [1.807, 2.05) is 37.3 Å². The van der Waals surface area contributed by atoms with Crippen molar-refractivity contribution in [3.8, 4) is 0 Å². The maximum absolute atomic E-state index is 12.7. The van der Waals surface area contributed by atoms with Gasteiger partial charge in [-0.25, -0.2) is 4.79 Å². The Bertz CT molecular complexity index is 895. The molecule has 1 aromatic heterocycles. The molecule has 0 amide bonds. The summed E-state index contributed by atoms with van der Waals surface area (Å²) in [5.41, 5.74) is -0.636. The van der Waals surface area contributed by atoms with E-state index in [2.05, 4.69) is 0 Å². The zero-order chi connectivity index (χ0) is 17.4. The second-order valence-corrected chi connectivity index (χ2v) is 6.30. The van der Waals surface area contributed by atoms with Crippen LogP contribution in [0.1, 0.15) is 43.0 Å². The topological polar surface area (TPSA) is 87.1 Å². The molecule has 7 nitrogen and oxygen atoms in total. The van der Waals surface area contributed by atoms with Gasteiger partial charge in [-0.1, -0.05) is 37.3 Å². The van der Waals surface area contributed by atoms with Crippen LogP contribution in [-0.2, 0) is 6.54 Å². The van der Waals surface area contributed by atoms with E-state index in [0.717, 1.165) is 23.0 Å². The normalized spacial score (nSPS) is 15.2. The van der Waals surface area contributed by atoms with E-state index in [1.165, 1.54) is 11.5 Å². The fourth-order valence-electron chi connectivity index (χ4n) is 3.05. The summed E-state index contributed by atoms with van der Waals surface area (Å²) in [6.07, 6.45) is 1.62. The summed E-state index contributed by atoms with van der Waals surface area (Å²) in [6.45, 7) is 3.49. The maximum Gasteiger partial charge on any atom is 0.353 e. The molecule has 1 heterocycles. The third-order valence-corrected chi connectivity index (χ3v) is 4.51. The van der Waals surface area contributed by atoms with Gasteiger partial charge in [0.05, 0.1) is 4.92 Å². The molecule has 3 rings (SSSR count). The van der Waals surface area contributed by atoms with E-state index < -0.39 is 21.9 Å². The standard InChI is InChI=1S/C17H19N3O4/c1-11(13-6-4-3-5-7-13)10-18-16(21)15(20(23)24)12(2)19(17(18)22)14-8-9-14/h3-7,11,14H,8-10H2,1-2H3. The van der Waals surface area contributed by atoms with Crippen molar-refractivity contribution in [2.24, 2.45) is 0 Å². The minimum absolute atomic E-state index is 0.0323. The van der Waals surface area contributed by atoms with Gasteiger partial charge in [0, 0.05) is 12.6 Å². The van der Waals surface area contributed by atoms with E-state index in [0.29, 0.717) is 0 Å². The highest BCUT2D eigenvalue weighted by Gasteiger charge is 2.33. The lowest BCUT2D eigenvalue weighted by Gasteiger charge is -2.16. The number of rotatable bonds is 5. The molecule has 1 aromatic carbocycles. The molecule has 2 aromatic rings.